The molecule has 27 heavy (non-hydrogen) atoms. The van der Waals surface area contributed by atoms with E-state index < -0.39 is 0 Å². The molecule has 0 bridgehead atoms. The van der Waals surface area contributed by atoms with Gasteiger partial charge in [-0.25, -0.2) is 4.98 Å². The molecule has 0 spiro atoms. The van der Waals surface area contributed by atoms with Crippen LogP contribution in [0.3, 0.4) is 0 Å². The van der Waals surface area contributed by atoms with E-state index in [4.69, 9.17) is 14.5 Å². The van der Waals surface area contributed by atoms with E-state index in [1.165, 1.54) is 0 Å². The van der Waals surface area contributed by atoms with Crippen LogP contribution in [0.5, 0.6) is 11.5 Å². The van der Waals surface area contributed by atoms with E-state index in [2.05, 4.69) is 12.2 Å². The molecule has 1 amide bonds. The molecule has 6 heteroatoms. The molecular formula is C21H22N2O3S. The summed E-state index contributed by atoms with van der Waals surface area (Å²) >= 11 is 1.57. The average Bonchev–Trinajstić information content (AvgIpc) is 2.68. The number of hydrogen-bond acceptors (Lipinski definition) is 5. The van der Waals surface area contributed by atoms with E-state index >= 15 is 0 Å². The van der Waals surface area contributed by atoms with E-state index in [9.17, 15) is 4.79 Å². The molecule has 1 heterocycles. The molecule has 0 atom stereocenters. The number of carbonyl (C=O) groups is 1. The first-order valence-corrected chi connectivity index (χ1v) is 9.60. The zero-order valence-corrected chi connectivity index (χ0v) is 16.4. The van der Waals surface area contributed by atoms with E-state index in [1.54, 1.807) is 26.0 Å². The second-order valence-corrected chi connectivity index (χ2v) is 7.12. The summed E-state index contributed by atoms with van der Waals surface area (Å²) in [6, 6.07) is 15.2. The second kappa shape index (κ2) is 8.77. The maximum atomic E-state index is 12.1. The van der Waals surface area contributed by atoms with E-state index in [-0.39, 0.29) is 5.91 Å². The minimum atomic E-state index is -0.0252. The normalized spacial score (nSPS) is 10.6. The lowest BCUT2D eigenvalue weighted by atomic mass is 10.1. The predicted molar refractivity (Wildman–Crippen MR) is 110 cm³/mol. The molecule has 0 saturated carbocycles. The van der Waals surface area contributed by atoms with Crippen LogP contribution >= 0.6 is 11.8 Å². The van der Waals surface area contributed by atoms with Crippen molar-refractivity contribution in [3.05, 3.63) is 54.1 Å². The van der Waals surface area contributed by atoms with Crippen LogP contribution in [-0.4, -0.2) is 30.9 Å². The summed E-state index contributed by atoms with van der Waals surface area (Å²) in [5.41, 5.74) is 2.75. The fraction of sp³-hybridized carbons (Fsp3) is 0.238. The van der Waals surface area contributed by atoms with Gasteiger partial charge >= 0.3 is 0 Å². The van der Waals surface area contributed by atoms with Crippen LogP contribution in [0.2, 0.25) is 0 Å². The molecule has 3 rings (SSSR count). The maximum absolute atomic E-state index is 12.1. The Kier molecular flexibility index (Phi) is 6.19. The number of para-hydroxylation sites is 1. The summed E-state index contributed by atoms with van der Waals surface area (Å²) in [6.07, 6.45) is 0.404. The van der Waals surface area contributed by atoms with Crippen LogP contribution < -0.4 is 14.8 Å². The Labute approximate surface area is 163 Å². The zero-order chi connectivity index (χ0) is 19.2. The number of anilines is 1. The Balaban J connectivity index is 1.60. The Bertz CT molecular complexity index is 942. The standard InChI is InChI=1S/C21H22N2O3S/c1-14-13-20(23-21-17(14)5-4-6-18(21)26-3)27-12-11-19(24)22-15-7-9-16(25-2)10-8-15/h4-10,13H,11-12H2,1-3H3,(H,22,24). The lowest BCUT2D eigenvalue weighted by Crippen LogP contribution is -2.12. The Morgan fingerprint density at radius 1 is 1.11 bits per heavy atom. The van der Waals surface area contributed by atoms with Crippen molar-refractivity contribution < 1.29 is 14.3 Å². The van der Waals surface area contributed by atoms with Gasteiger partial charge in [-0.3, -0.25) is 4.79 Å². The van der Waals surface area contributed by atoms with E-state index in [0.29, 0.717) is 12.2 Å². The largest absolute Gasteiger partial charge is 0.497 e. The number of benzene rings is 2. The molecule has 0 fully saturated rings. The molecule has 0 saturated heterocycles. The third-order valence-corrected chi connectivity index (χ3v) is 5.07. The van der Waals surface area contributed by atoms with Gasteiger partial charge in [0.25, 0.3) is 0 Å². The number of nitrogens with zero attached hydrogens (tertiary/aromatic N) is 1. The maximum Gasteiger partial charge on any atom is 0.225 e. The topological polar surface area (TPSA) is 60.5 Å². The smallest absolute Gasteiger partial charge is 0.225 e. The first-order chi connectivity index (χ1) is 13.1. The number of ether oxygens (including phenoxy) is 2. The van der Waals surface area contributed by atoms with Crippen molar-refractivity contribution in [2.45, 2.75) is 18.4 Å². The van der Waals surface area contributed by atoms with Crippen LogP contribution in [0.25, 0.3) is 10.9 Å². The van der Waals surface area contributed by atoms with E-state index in [0.717, 1.165) is 38.7 Å². The van der Waals surface area contributed by atoms with Gasteiger partial charge in [0, 0.05) is 23.2 Å². The first kappa shape index (κ1) is 19.0. The van der Waals surface area contributed by atoms with Crippen molar-refractivity contribution in [1.29, 1.82) is 0 Å². The Morgan fingerprint density at radius 3 is 2.59 bits per heavy atom. The van der Waals surface area contributed by atoms with Crippen LogP contribution in [-0.2, 0) is 4.79 Å². The van der Waals surface area contributed by atoms with Gasteiger partial charge < -0.3 is 14.8 Å². The summed E-state index contributed by atoms with van der Waals surface area (Å²) in [4.78, 5) is 16.8. The van der Waals surface area contributed by atoms with Crippen molar-refractivity contribution in [2.24, 2.45) is 0 Å². The van der Waals surface area contributed by atoms with Gasteiger partial charge in [0.05, 0.1) is 19.2 Å². The molecule has 0 aliphatic carbocycles. The average molecular weight is 382 g/mol. The monoisotopic (exact) mass is 382 g/mol. The number of amides is 1. The number of nitrogens with one attached hydrogen (secondary N) is 1. The Hall–Kier alpha value is -2.73. The quantitative estimate of drug-likeness (QED) is 0.601. The number of hydrogen-bond donors (Lipinski definition) is 1. The molecule has 0 unspecified atom stereocenters. The molecule has 0 aliphatic heterocycles. The predicted octanol–water partition coefficient (Wildman–Crippen LogP) is 4.68. The molecule has 2 aromatic carbocycles. The van der Waals surface area contributed by atoms with Crippen LogP contribution in [0.1, 0.15) is 12.0 Å². The number of aryl methyl sites for hydroxylation is 1. The molecule has 1 N–H and O–H groups in total. The fourth-order valence-corrected chi connectivity index (χ4v) is 3.66. The van der Waals surface area contributed by atoms with Crippen molar-refractivity contribution in [2.75, 3.05) is 25.3 Å². The molecule has 5 nitrogen and oxygen atoms in total. The molecule has 0 aliphatic rings. The minimum Gasteiger partial charge on any atom is -0.497 e. The summed E-state index contributed by atoms with van der Waals surface area (Å²) in [6.45, 7) is 2.06. The molecule has 3 aromatic rings. The molecular weight excluding hydrogens is 360 g/mol. The number of methoxy groups -OCH3 is 2. The van der Waals surface area contributed by atoms with Crippen LogP contribution in [0.15, 0.2) is 53.6 Å². The number of aromatic nitrogens is 1. The number of fused-ring (bicyclic) bond motifs is 1. The van der Waals surface area contributed by atoms with Gasteiger partial charge in [-0.1, -0.05) is 12.1 Å². The lowest BCUT2D eigenvalue weighted by Gasteiger charge is -2.10. The van der Waals surface area contributed by atoms with Gasteiger partial charge in [0.1, 0.15) is 17.0 Å². The fourth-order valence-electron chi connectivity index (χ4n) is 2.75. The number of rotatable bonds is 7. The van der Waals surface area contributed by atoms with Crippen molar-refractivity contribution in [3.8, 4) is 11.5 Å². The minimum absolute atomic E-state index is 0.0252. The lowest BCUT2D eigenvalue weighted by molar-refractivity contribution is -0.115. The SMILES string of the molecule is COc1ccc(NC(=O)CCSc2cc(C)c3cccc(OC)c3n2)cc1. The summed E-state index contributed by atoms with van der Waals surface area (Å²) < 4.78 is 10.5. The number of carbonyl (C=O) groups excluding carboxylic acids is 1. The second-order valence-electron chi connectivity index (χ2n) is 6.01. The third-order valence-electron chi connectivity index (χ3n) is 4.16. The van der Waals surface area contributed by atoms with Gasteiger partial charge in [0.2, 0.25) is 5.91 Å². The summed E-state index contributed by atoms with van der Waals surface area (Å²) in [5, 5.41) is 4.86. The number of thioether (sulfide) groups is 1. The van der Waals surface area contributed by atoms with E-state index in [1.807, 2.05) is 48.5 Å². The van der Waals surface area contributed by atoms with Gasteiger partial charge in [-0.15, -0.1) is 11.8 Å². The highest BCUT2D eigenvalue weighted by Gasteiger charge is 2.09. The van der Waals surface area contributed by atoms with Crippen molar-refractivity contribution in [3.63, 3.8) is 0 Å². The number of pyridine rings is 1. The van der Waals surface area contributed by atoms with Crippen LogP contribution in [0, 0.1) is 6.92 Å². The highest BCUT2D eigenvalue weighted by molar-refractivity contribution is 7.99. The van der Waals surface area contributed by atoms with Crippen LogP contribution in [0.4, 0.5) is 5.69 Å². The highest BCUT2D eigenvalue weighted by Crippen LogP contribution is 2.29. The first-order valence-electron chi connectivity index (χ1n) is 8.62. The highest BCUT2D eigenvalue weighted by atomic mass is 32.2. The molecule has 1 aromatic heterocycles. The molecule has 140 valence electrons. The van der Waals surface area contributed by atoms with Crippen molar-refractivity contribution >= 4 is 34.3 Å². The van der Waals surface area contributed by atoms with Crippen molar-refractivity contribution in [1.82, 2.24) is 4.98 Å². The van der Waals surface area contributed by atoms with Gasteiger partial charge in [-0.05, 0) is 48.9 Å². The summed E-state index contributed by atoms with van der Waals surface area (Å²) in [7, 11) is 3.26. The van der Waals surface area contributed by atoms with Gasteiger partial charge in [0.15, 0.2) is 0 Å². The Morgan fingerprint density at radius 2 is 1.89 bits per heavy atom. The molecule has 0 radical (unpaired) electrons. The summed E-state index contributed by atoms with van der Waals surface area (Å²) in [5.74, 6) is 2.14. The van der Waals surface area contributed by atoms with Gasteiger partial charge in [-0.2, -0.15) is 0 Å². The zero-order valence-electron chi connectivity index (χ0n) is 15.6. The third kappa shape index (κ3) is 4.71.